The molecule has 8 bridgehead atoms. The van der Waals surface area contributed by atoms with Gasteiger partial charge in [0.25, 0.3) is 0 Å². The summed E-state index contributed by atoms with van der Waals surface area (Å²) < 4.78 is 52.2. The van der Waals surface area contributed by atoms with Gasteiger partial charge in [0.1, 0.15) is 68.6 Å². The Kier molecular flexibility index (Phi) is 15.7. The van der Waals surface area contributed by atoms with Crippen molar-refractivity contribution in [3.05, 3.63) is 48.5 Å². The van der Waals surface area contributed by atoms with Crippen LogP contribution in [0, 0.1) is 0 Å². The van der Waals surface area contributed by atoms with Crippen LogP contribution in [0.5, 0.6) is 46.0 Å². The highest BCUT2D eigenvalue weighted by Gasteiger charge is 2.32. The van der Waals surface area contributed by atoms with Crippen LogP contribution >= 0.6 is 0 Å². The number of benzene rings is 4. The van der Waals surface area contributed by atoms with E-state index in [0.717, 1.165) is 51.4 Å². The van der Waals surface area contributed by atoms with Crippen molar-refractivity contribution in [2.24, 2.45) is 0 Å². The van der Waals surface area contributed by atoms with Crippen molar-refractivity contribution in [2.75, 3.05) is 52.9 Å². The molecule has 72 heavy (non-hydrogen) atoms. The van der Waals surface area contributed by atoms with Gasteiger partial charge in [-0.25, -0.2) is 29.9 Å². The molecule has 5 heterocycles. The highest BCUT2D eigenvalue weighted by atomic mass is 16.5. The molecule has 0 saturated heterocycles. The fourth-order valence-electron chi connectivity index (χ4n) is 8.73. The van der Waals surface area contributed by atoms with Crippen LogP contribution in [-0.2, 0) is 0 Å². The maximum Gasteiger partial charge on any atom is 0.168 e. The normalized spacial score (nSPS) is 11.7. The first-order valence-electron chi connectivity index (χ1n) is 25.9. The molecule has 9 rings (SSSR count). The van der Waals surface area contributed by atoms with Gasteiger partial charge in [-0.2, -0.15) is 0 Å². The molecule has 2 N–H and O–H groups in total. The third-order valence-electron chi connectivity index (χ3n) is 11.8. The standard InChI is InChI=1S/C56H66N8O8/c1-9-25-65-33-17-18-34(66-26-10-2)42-41(33)49-57-50(42)62-52-45-37(69-29-13-5)21-22-38(70-30-14-6)46(45)54(59-52)64-56-48-40(72-32-16-8)24-23-39(71-31-15-7)47(48)55(60-56)63-53-44-36(68-28-12-4)20-19-35(67-27-11-3)43(44)51(58-53)61-49/h17-24H,9-16,25-32H2,1-8H3,(H2,57,58,59,60,61,62,63,64). The number of nitrogens with zero attached hydrogens (tertiary/aromatic N) is 6. The Hall–Kier alpha value is -7.36. The van der Waals surface area contributed by atoms with Crippen LogP contribution < -0.4 is 37.9 Å². The zero-order valence-corrected chi connectivity index (χ0v) is 42.9. The Labute approximate surface area is 420 Å². The van der Waals surface area contributed by atoms with Crippen molar-refractivity contribution in [3.63, 3.8) is 0 Å². The second kappa shape index (κ2) is 22.8. The first-order valence-corrected chi connectivity index (χ1v) is 25.9. The predicted octanol–water partition coefficient (Wildman–Crippen LogP) is 13.2. The molecule has 0 unspecified atom stereocenters. The van der Waals surface area contributed by atoms with Gasteiger partial charge in [-0.1, -0.05) is 55.4 Å². The number of aromatic nitrogens is 8. The van der Waals surface area contributed by atoms with E-state index in [0.29, 0.717) is 189 Å². The lowest BCUT2D eigenvalue weighted by molar-refractivity contribution is 0.311. The molecule has 3 aromatic heterocycles. The van der Waals surface area contributed by atoms with Gasteiger partial charge in [0.05, 0.1) is 96.7 Å². The molecule has 0 atom stereocenters. The van der Waals surface area contributed by atoms with E-state index >= 15 is 0 Å². The Morgan fingerprint density at radius 3 is 0.639 bits per heavy atom. The van der Waals surface area contributed by atoms with Gasteiger partial charge >= 0.3 is 0 Å². The van der Waals surface area contributed by atoms with Crippen LogP contribution in [0.3, 0.4) is 0 Å². The van der Waals surface area contributed by atoms with Gasteiger partial charge in [0.15, 0.2) is 23.3 Å². The molecule has 16 heteroatoms. The maximum absolute atomic E-state index is 6.53. The summed E-state index contributed by atoms with van der Waals surface area (Å²) in [4.78, 5) is 39.7. The number of fused-ring (bicyclic) bond motifs is 20. The second-order valence-electron chi connectivity index (χ2n) is 17.6. The zero-order chi connectivity index (χ0) is 50.1. The fourth-order valence-corrected chi connectivity index (χ4v) is 8.73. The average molecular weight is 979 g/mol. The number of rotatable bonds is 24. The minimum absolute atomic E-state index is 0.349. The lowest BCUT2D eigenvalue weighted by Gasteiger charge is -2.14. The van der Waals surface area contributed by atoms with E-state index in [1.807, 2.05) is 48.5 Å². The molecule has 0 amide bonds. The summed E-state index contributed by atoms with van der Waals surface area (Å²) in [5.74, 6) is 6.16. The largest absolute Gasteiger partial charge is 0.493 e. The van der Waals surface area contributed by atoms with E-state index in [1.54, 1.807) is 0 Å². The molecule has 4 aromatic carbocycles. The lowest BCUT2D eigenvalue weighted by atomic mass is 10.1. The van der Waals surface area contributed by atoms with Crippen molar-refractivity contribution >= 4 is 44.1 Å². The smallest absolute Gasteiger partial charge is 0.168 e. The topological polar surface area (TPSA) is 183 Å². The molecular weight excluding hydrogens is 913 g/mol. The third kappa shape index (κ3) is 9.70. The van der Waals surface area contributed by atoms with Gasteiger partial charge in [0.2, 0.25) is 0 Å². The average Bonchev–Trinajstić information content (AvgIpc) is 4.16. The lowest BCUT2D eigenvalue weighted by Crippen LogP contribution is -2.01. The van der Waals surface area contributed by atoms with Crippen molar-refractivity contribution in [1.82, 2.24) is 39.9 Å². The summed E-state index contributed by atoms with van der Waals surface area (Å²) in [6.07, 6.45) is 6.27. The van der Waals surface area contributed by atoms with Gasteiger partial charge in [-0.3, -0.25) is 0 Å². The monoisotopic (exact) mass is 979 g/mol. The number of hydrogen-bond acceptors (Lipinski definition) is 14. The summed E-state index contributed by atoms with van der Waals surface area (Å²) >= 11 is 0. The van der Waals surface area contributed by atoms with Crippen molar-refractivity contribution in [2.45, 2.75) is 107 Å². The minimum Gasteiger partial charge on any atom is -0.493 e. The second-order valence-corrected chi connectivity index (χ2v) is 17.6. The van der Waals surface area contributed by atoms with E-state index in [1.165, 1.54) is 0 Å². The number of aromatic amines is 2. The van der Waals surface area contributed by atoms with Gasteiger partial charge < -0.3 is 47.9 Å². The van der Waals surface area contributed by atoms with E-state index in [9.17, 15) is 0 Å². The molecular formula is C56H66N8O8. The molecule has 0 radical (unpaired) electrons. The summed E-state index contributed by atoms with van der Waals surface area (Å²) in [7, 11) is 0. The molecule has 16 nitrogen and oxygen atoms in total. The van der Waals surface area contributed by atoms with Gasteiger partial charge in [-0.05, 0) is 99.9 Å². The molecule has 0 aliphatic carbocycles. The van der Waals surface area contributed by atoms with Crippen molar-refractivity contribution in [1.29, 1.82) is 0 Å². The third-order valence-corrected chi connectivity index (χ3v) is 11.8. The highest BCUT2D eigenvalue weighted by molar-refractivity contribution is 6.13. The number of ether oxygens (including phenoxy) is 8. The highest BCUT2D eigenvalue weighted by Crippen LogP contribution is 2.50. The maximum atomic E-state index is 6.53. The first kappa shape index (κ1) is 49.6. The molecule has 2 aliphatic rings. The van der Waals surface area contributed by atoms with Crippen molar-refractivity contribution < 1.29 is 37.9 Å². The van der Waals surface area contributed by atoms with Crippen molar-refractivity contribution in [3.8, 4) is 91.5 Å². The van der Waals surface area contributed by atoms with E-state index in [2.05, 4.69) is 65.4 Å². The molecule has 0 spiro atoms. The van der Waals surface area contributed by atoms with Gasteiger partial charge in [0, 0.05) is 0 Å². The number of hydrogen-bond donors (Lipinski definition) is 2. The Morgan fingerprint density at radius 1 is 0.264 bits per heavy atom. The van der Waals surface area contributed by atoms with Crippen LogP contribution in [-0.4, -0.2) is 92.7 Å². The van der Waals surface area contributed by atoms with E-state index in [4.69, 9.17) is 67.8 Å². The Balaban J connectivity index is 1.54. The summed E-state index contributed by atoms with van der Waals surface area (Å²) in [6, 6.07) is 15.4. The van der Waals surface area contributed by atoms with Crippen LogP contribution in [0.2, 0.25) is 0 Å². The quantitative estimate of drug-likeness (QED) is 0.0583. The van der Waals surface area contributed by atoms with E-state index in [-0.39, 0.29) is 0 Å². The van der Waals surface area contributed by atoms with Crippen LogP contribution in [0.15, 0.2) is 48.5 Å². The Morgan fingerprint density at radius 2 is 0.444 bits per heavy atom. The summed E-state index contributed by atoms with van der Waals surface area (Å²) in [5.41, 5.74) is 4.29. The molecule has 378 valence electrons. The number of nitrogens with one attached hydrogen (secondary N) is 2. The first-order chi connectivity index (χ1) is 35.4. The van der Waals surface area contributed by atoms with Crippen LogP contribution in [0.25, 0.3) is 89.7 Å². The summed E-state index contributed by atoms with van der Waals surface area (Å²) in [5, 5.41) is 2.65. The fraction of sp³-hybridized carbons (Fsp3) is 0.429. The molecule has 0 saturated carbocycles. The van der Waals surface area contributed by atoms with E-state index < -0.39 is 0 Å². The van der Waals surface area contributed by atoms with Crippen LogP contribution in [0.4, 0.5) is 0 Å². The SMILES string of the molecule is CCCOc1ccc(OCCC)c2c1-c1nc-2nc2[nH]c(nc3nc(nc4[nH]c(n1)c1c(OCCC)ccc(OCCC)c41)-c1c(OCCC)ccc(OCCC)c1-3)c1c(OCCC)ccc(OCCC)c21. The Bertz CT molecular complexity index is 2820. The van der Waals surface area contributed by atoms with Crippen LogP contribution in [0.1, 0.15) is 107 Å². The summed E-state index contributed by atoms with van der Waals surface area (Å²) in [6.45, 7) is 20.3. The van der Waals surface area contributed by atoms with Gasteiger partial charge in [-0.15, -0.1) is 0 Å². The molecule has 7 aromatic rings. The molecule has 0 fully saturated rings. The minimum atomic E-state index is 0.349. The number of H-pyrrole nitrogens is 2. The zero-order valence-electron chi connectivity index (χ0n) is 42.9. The molecule has 2 aliphatic heterocycles. The predicted molar refractivity (Wildman–Crippen MR) is 282 cm³/mol.